The Hall–Kier alpha value is -2.02. The molecule has 23 heavy (non-hydrogen) atoms. The third-order valence-corrected chi connectivity index (χ3v) is 6.04. The molecule has 1 heterocycles. The predicted octanol–water partition coefficient (Wildman–Crippen LogP) is 1.94. The first-order chi connectivity index (χ1) is 11.1. The minimum absolute atomic E-state index is 0.146. The van der Waals surface area contributed by atoms with Crippen LogP contribution in [0.15, 0.2) is 53.4 Å². The lowest BCUT2D eigenvalue weighted by Crippen LogP contribution is -2.33. The van der Waals surface area contributed by atoms with Gasteiger partial charge in [0.2, 0.25) is 9.84 Å². The van der Waals surface area contributed by atoms with Crippen LogP contribution in [0.4, 0.5) is 0 Å². The molecule has 0 aromatic heterocycles. The number of hydrogen-bond donors (Lipinski definition) is 1. The molecule has 2 atom stereocenters. The van der Waals surface area contributed by atoms with Crippen molar-refractivity contribution in [1.82, 2.24) is 5.32 Å². The topological polar surface area (TPSA) is 72.5 Å². The Morgan fingerprint density at radius 3 is 2.57 bits per heavy atom. The summed E-state index contributed by atoms with van der Waals surface area (Å²) in [7, 11) is -2.32. The predicted molar refractivity (Wildman–Crippen MR) is 86.1 cm³/mol. The fourth-order valence-corrected chi connectivity index (χ4v) is 4.50. The number of ether oxygens (including phenoxy) is 1. The Bertz CT molecular complexity index is 818. The lowest BCUT2D eigenvalue weighted by Gasteiger charge is -2.18. The van der Waals surface area contributed by atoms with E-state index < -0.39 is 15.3 Å². The van der Waals surface area contributed by atoms with Crippen molar-refractivity contribution >= 4 is 16.1 Å². The summed E-state index contributed by atoms with van der Waals surface area (Å²) in [4.78, 5) is 11.2. The second-order valence-corrected chi connectivity index (χ2v) is 7.43. The van der Waals surface area contributed by atoms with Crippen LogP contribution >= 0.6 is 0 Å². The highest BCUT2D eigenvalue weighted by Crippen LogP contribution is 2.33. The molecule has 2 aromatic carbocycles. The van der Waals surface area contributed by atoms with Crippen LogP contribution in [0.5, 0.6) is 0 Å². The number of aldehydes is 1. The lowest BCUT2D eigenvalue weighted by molar-refractivity contribution is 0.112. The average molecular weight is 331 g/mol. The first-order valence-electron chi connectivity index (χ1n) is 7.22. The molecule has 120 valence electrons. The third kappa shape index (κ3) is 2.81. The number of hydrogen-bond acceptors (Lipinski definition) is 5. The molecule has 0 aliphatic carbocycles. The number of sulfone groups is 1. The third-order valence-electron chi connectivity index (χ3n) is 4.02. The van der Waals surface area contributed by atoms with Gasteiger partial charge in [0.15, 0.2) is 5.44 Å². The van der Waals surface area contributed by atoms with Gasteiger partial charge in [0.1, 0.15) is 6.29 Å². The van der Waals surface area contributed by atoms with Gasteiger partial charge in [-0.2, -0.15) is 0 Å². The van der Waals surface area contributed by atoms with Gasteiger partial charge in [-0.1, -0.05) is 42.5 Å². The van der Waals surface area contributed by atoms with Crippen LogP contribution in [-0.4, -0.2) is 33.8 Å². The molecule has 2 aromatic rings. The molecular weight excluding hydrogens is 314 g/mol. The standard InChI is InChI=1S/C17H17NO4S/c1-22-16-10-18-17(13-5-3-2-4-6-13)14-8-7-12(11-19)9-15(14)23(16,20)21/h2-9,11,16-18H,10H2,1H3. The zero-order valence-electron chi connectivity index (χ0n) is 12.6. The maximum atomic E-state index is 12.8. The van der Waals surface area contributed by atoms with Crippen LogP contribution in [0.2, 0.25) is 0 Å². The summed E-state index contributed by atoms with van der Waals surface area (Å²) in [6.45, 7) is 0.170. The molecule has 0 amide bonds. The van der Waals surface area contributed by atoms with Crippen molar-refractivity contribution in [2.75, 3.05) is 13.7 Å². The van der Waals surface area contributed by atoms with Crippen LogP contribution in [0.3, 0.4) is 0 Å². The van der Waals surface area contributed by atoms with Gasteiger partial charge >= 0.3 is 0 Å². The van der Waals surface area contributed by atoms with Crippen molar-refractivity contribution in [3.05, 3.63) is 65.2 Å². The molecule has 1 N–H and O–H groups in total. The molecule has 1 aliphatic heterocycles. The molecule has 3 rings (SSSR count). The summed E-state index contributed by atoms with van der Waals surface area (Å²) in [5.74, 6) is 0. The summed E-state index contributed by atoms with van der Waals surface area (Å²) in [5, 5.41) is 3.26. The molecule has 0 saturated heterocycles. The summed E-state index contributed by atoms with van der Waals surface area (Å²) in [5.41, 5.74) is 0.925. The van der Waals surface area contributed by atoms with E-state index in [4.69, 9.17) is 4.74 Å². The molecule has 5 nitrogen and oxygen atoms in total. The van der Waals surface area contributed by atoms with Crippen molar-refractivity contribution in [1.29, 1.82) is 0 Å². The number of methoxy groups -OCH3 is 1. The molecule has 0 bridgehead atoms. The summed E-state index contributed by atoms with van der Waals surface area (Å²) < 4.78 is 30.8. The Kier molecular flexibility index (Phi) is 4.30. The largest absolute Gasteiger partial charge is 0.364 e. The second-order valence-electron chi connectivity index (χ2n) is 5.38. The minimum Gasteiger partial charge on any atom is -0.364 e. The monoisotopic (exact) mass is 331 g/mol. The van der Waals surface area contributed by atoms with Gasteiger partial charge < -0.3 is 10.1 Å². The van der Waals surface area contributed by atoms with E-state index >= 15 is 0 Å². The fourth-order valence-electron chi connectivity index (χ4n) is 2.84. The van der Waals surface area contributed by atoms with Crippen molar-refractivity contribution in [3.63, 3.8) is 0 Å². The maximum Gasteiger partial charge on any atom is 0.206 e. The Balaban J connectivity index is 2.23. The van der Waals surface area contributed by atoms with E-state index in [1.54, 1.807) is 12.1 Å². The van der Waals surface area contributed by atoms with Gasteiger partial charge in [-0.15, -0.1) is 0 Å². The van der Waals surface area contributed by atoms with E-state index in [2.05, 4.69) is 5.32 Å². The number of nitrogens with one attached hydrogen (secondary N) is 1. The van der Waals surface area contributed by atoms with Gasteiger partial charge in [0, 0.05) is 19.2 Å². The average Bonchev–Trinajstić information content (AvgIpc) is 2.69. The molecule has 0 radical (unpaired) electrons. The smallest absolute Gasteiger partial charge is 0.206 e. The summed E-state index contributed by atoms with van der Waals surface area (Å²) >= 11 is 0. The number of carbonyl (C=O) groups is 1. The van der Waals surface area contributed by atoms with E-state index in [1.165, 1.54) is 13.2 Å². The maximum absolute atomic E-state index is 12.8. The van der Waals surface area contributed by atoms with Crippen molar-refractivity contribution in [3.8, 4) is 0 Å². The van der Waals surface area contributed by atoms with Crippen molar-refractivity contribution in [2.24, 2.45) is 0 Å². The SMILES string of the molecule is COC1CNC(c2ccccc2)c2ccc(C=O)cc2S1(=O)=O. The minimum atomic E-state index is -3.69. The number of fused-ring (bicyclic) bond motifs is 1. The van der Waals surface area contributed by atoms with Crippen LogP contribution in [-0.2, 0) is 14.6 Å². The van der Waals surface area contributed by atoms with Crippen LogP contribution in [0.25, 0.3) is 0 Å². The number of rotatable bonds is 3. The Labute approximate surface area is 135 Å². The second kappa shape index (κ2) is 6.23. The molecule has 2 unspecified atom stereocenters. The molecule has 0 fully saturated rings. The quantitative estimate of drug-likeness (QED) is 0.870. The van der Waals surface area contributed by atoms with E-state index in [9.17, 15) is 13.2 Å². The summed E-state index contributed by atoms with van der Waals surface area (Å²) in [6, 6.07) is 14.1. The molecular formula is C17H17NO4S. The van der Waals surface area contributed by atoms with Gasteiger partial charge in [-0.25, -0.2) is 8.42 Å². The highest BCUT2D eigenvalue weighted by Gasteiger charge is 2.36. The summed E-state index contributed by atoms with van der Waals surface area (Å²) in [6.07, 6.45) is 0.646. The Morgan fingerprint density at radius 2 is 1.91 bits per heavy atom. The highest BCUT2D eigenvalue weighted by molar-refractivity contribution is 7.92. The van der Waals surface area contributed by atoms with E-state index in [1.807, 2.05) is 30.3 Å². The van der Waals surface area contributed by atoms with Crippen molar-refractivity contribution in [2.45, 2.75) is 16.4 Å². The van der Waals surface area contributed by atoms with Crippen LogP contribution in [0.1, 0.15) is 27.5 Å². The van der Waals surface area contributed by atoms with Gasteiger partial charge in [0.05, 0.1) is 10.9 Å². The molecule has 0 spiro atoms. The lowest BCUT2D eigenvalue weighted by atomic mass is 9.97. The van der Waals surface area contributed by atoms with E-state index in [0.717, 1.165) is 5.56 Å². The van der Waals surface area contributed by atoms with Crippen molar-refractivity contribution < 1.29 is 17.9 Å². The normalized spacial score (nSPS) is 22.8. The number of benzene rings is 2. The molecule has 1 aliphatic rings. The van der Waals surface area contributed by atoms with Gasteiger partial charge in [-0.05, 0) is 17.2 Å². The van der Waals surface area contributed by atoms with E-state index in [-0.39, 0.29) is 17.5 Å². The molecule has 0 saturated carbocycles. The Morgan fingerprint density at radius 1 is 1.17 bits per heavy atom. The van der Waals surface area contributed by atoms with Gasteiger partial charge in [-0.3, -0.25) is 4.79 Å². The highest BCUT2D eigenvalue weighted by atomic mass is 32.2. The zero-order valence-corrected chi connectivity index (χ0v) is 13.4. The zero-order chi connectivity index (χ0) is 16.4. The van der Waals surface area contributed by atoms with Crippen LogP contribution < -0.4 is 5.32 Å². The van der Waals surface area contributed by atoms with E-state index in [0.29, 0.717) is 17.4 Å². The number of carbonyl (C=O) groups excluding carboxylic acids is 1. The fraction of sp³-hybridized carbons (Fsp3) is 0.235. The van der Waals surface area contributed by atoms with Gasteiger partial charge in [0.25, 0.3) is 0 Å². The first-order valence-corrected chi connectivity index (χ1v) is 8.76. The van der Waals surface area contributed by atoms with Crippen LogP contribution in [0, 0.1) is 0 Å². The molecule has 6 heteroatoms. The first kappa shape index (κ1) is 15.9.